The second kappa shape index (κ2) is 10.6. The molecule has 0 saturated carbocycles. The van der Waals surface area contributed by atoms with Crippen LogP contribution in [0.15, 0.2) is 83.8 Å². The first kappa shape index (κ1) is 23.7. The smallest absolute Gasteiger partial charge is 0.241 e. The molecule has 0 heterocycles. The molecule has 3 aromatic carbocycles. The Morgan fingerprint density at radius 2 is 1.44 bits per heavy atom. The largest absolute Gasteiger partial charge is 0.326 e. The molecule has 0 unspecified atom stereocenters. The van der Waals surface area contributed by atoms with E-state index in [4.69, 9.17) is 0 Å². The van der Waals surface area contributed by atoms with E-state index in [0.717, 1.165) is 16.8 Å². The van der Waals surface area contributed by atoms with Crippen LogP contribution in [0.4, 0.5) is 5.69 Å². The number of anilines is 1. The van der Waals surface area contributed by atoms with E-state index in [1.165, 1.54) is 5.56 Å². The van der Waals surface area contributed by atoms with Gasteiger partial charge in [-0.25, -0.2) is 13.1 Å². The monoisotopic (exact) mass is 450 g/mol. The van der Waals surface area contributed by atoms with Gasteiger partial charge in [-0.05, 0) is 60.2 Å². The fourth-order valence-corrected chi connectivity index (χ4v) is 4.61. The highest BCUT2D eigenvalue weighted by molar-refractivity contribution is 7.89. The van der Waals surface area contributed by atoms with E-state index in [-0.39, 0.29) is 16.8 Å². The minimum absolute atomic E-state index is 0.0719. The van der Waals surface area contributed by atoms with Crippen molar-refractivity contribution in [2.75, 3.05) is 5.32 Å². The summed E-state index contributed by atoms with van der Waals surface area (Å²) in [6.45, 7) is 6.07. The molecule has 6 heteroatoms. The molecule has 0 spiro atoms. The van der Waals surface area contributed by atoms with Crippen LogP contribution in [0.3, 0.4) is 0 Å². The van der Waals surface area contributed by atoms with Crippen LogP contribution in [0.25, 0.3) is 0 Å². The van der Waals surface area contributed by atoms with Gasteiger partial charge < -0.3 is 5.32 Å². The van der Waals surface area contributed by atoms with Crippen LogP contribution in [0.5, 0.6) is 0 Å². The lowest BCUT2D eigenvalue weighted by atomic mass is 10.0. The predicted molar refractivity (Wildman–Crippen MR) is 129 cm³/mol. The molecule has 2 N–H and O–H groups in total. The maximum Gasteiger partial charge on any atom is 0.241 e. The predicted octanol–water partition coefficient (Wildman–Crippen LogP) is 5.42. The number of nitrogens with one attached hydrogen (secondary N) is 2. The van der Waals surface area contributed by atoms with Crippen molar-refractivity contribution in [1.29, 1.82) is 0 Å². The Labute approximate surface area is 190 Å². The minimum Gasteiger partial charge on any atom is -0.326 e. The molecule has 0 aromatic heterocycles. The molecule has 0 aliphatic carbocycles. The molecule has 0 fully saturated rings. The molecule has 0 aliphatic rings. The Morgan fingerprint density at radius 1 is 0.812 bits per heavy atom. The summed E-state index contributed by atoms with van der Waals surface area (Å²) in [4.78, 5) is 12.5. The van der Waals surface area contributed by atoms with Gasteiger partial charge in [0.25, 0.3) is 0 Å². The standard InChI is InChI=1S/C26H30N2O3S/c1-19(2)22-12-14-24(15-13-22)27-26(29)18-11-21-9-16-25(17-10-21)32(30,31)28-20(3)23-7-5-4-6-8-23/h4-10,12-17,19-20,28H,11,18H2,1-3H3,(H,27,29)/t20-/m0/s1. The molecule has 32 heavy (non-hydrogen) atoms. The summed E-state index contributed by atoms with van der Waals surface area (Å²) < 4.78 is 28.1. The van der Waals surface area contributed by atoms with Gasteiger partial charge in [-0.2, -0.15) is 0 Å². The summed E-state index contributed by atoms with van der Waals surface area (Å²) in [6.07, 6.45) is 0.853. The summed E-state index contributed by atoms with van der Waals surface area (Å²) in [5.74, 6) is 0.376. The molecule has 3 rings (SSSR count). The van der Waals surface area contributed by atoms with E-state index in [1.54, 1.807) is 24.3 Å². The van der Waals surface area contributed by atoms with Gasteiger partial charge in [-0.15, -0.1) is 0 Å². The zero-order valence-electron chi connectivity index (χ0n) is 18.7. The summed E-state index contributed by atoms with van der Waals surface area (Å²) in [5, 5.41) is 2.91. The first-order valence-corrected chi connectivity index (χ1v) is 12.3. The molecule has 5 nitrogen and oxygen atoms in total. The Bertz CT molecular complexity index is 1120. The first-order valence-electron chi connectivity index (χ1n) is 10.8. The van der Waals surface area contributed by atoms with Crippen molar-refractivity contribution in [3.05, 3.63) is 95.6 Å². The fourth-order valence-electron chi connectivity index (χ4n) is 3.38. The van der Waals surface area contributed by atoms with Crippen molar-refractivity contribution < 1.29 is 13.2 Å². The highest BCUT2D eigenvalue weighted by atomic mass is 32.2. The van der Waals surface area contributed by atoms with Gasteiger partial charge in [0.05, 0.1) is 4.90 Å². The average molecular weight is 451 g/mol. The molecular formula is C26H30N2O3S. The van der Waals surface area contributed by atoms with Crippen LogP contribution >= 0.6 is 0 Å². The van der Waals surface area contributed by atoms with Gasteiger partial charge in [0.15, 0.2) is 0 Å². The average Bonchev–Trinajstić information content (AvgIpc) is 2.78. The third kappa shape index (κ3) is 6.52. The van der Waals surface area contributed by atoms with Crippen LogP contribution in [0.2, 0.25) is 0 Å². The molecule has 0 bridgehead atoms. The molecule has 3 aromatic rings. The van der Waals surface area contributed by atoms with Crippen molar-refractivity contribution in [2.45, 2.75) is 50.5 Å². The third-order valence-electron chi connectivity index (χ3n) is 5.37. The number of benzene rings is 3. The van der Waals surface area contributed by atoms with E-state index in [0.29, 0.717) is 18.8 Å². The van der Waals surface area contributed by atoms with Crippen LogP contribution in [0.1, 0.15) is 55.8 Å². The van der Waals surface area contributed by atoms with E-state index >= 15 is 0 Å². The normalized spacial score (nSPS) is 12.5. The Kier molecular flexibility index (Phi) is 7.83. The van der Waals surface area contributed by atoms with Crippen molar-refractivity contribution >= 4 is 21.6 Å². The van der Waals surface area contributed by atoms with Crippen molar-refractivity contribution in [1.82, 2.24) is 4.72 Å². The number of hydrogen-bond acceptors (Lipinski definition) is 3. The minimum atomic E-state index is -3.64. The second-order valence-corrected chi connectivity index (χ2v) is 9.94. The first-order chi connectivity index (χ1) is 15.2. The molecular weight excluding hydrogens is 420 g/mol. The van der Waals surface area contributed by atoms with Crippen LogP contribution in [-0.4, -0.2) is 14.3 Å². The summed E-state index contributed by atoms with van der Waals surface area (Å²) in [7, 11) is -3.64. The Balaban J connectivity index is 1.54. The number of carbonyl (C=O) groups excluding carboxylic acids is 1. The van der Waals surface area contributed by atoms with E-state index in [1.807, 2.05) is 61.5 Å². The van der Waals surface area contributed by atoms with E-state index in [9.17, 15) is 13.2 Å². The summed E-state index contributed by atoms with van der Waals surface area (Å²) in [6, 6.07) is 23.6. The maximum absolute atomic E-state index is 12.7. The molecule has 168 valence electrons. The SMILES string of the molecule is CC(C)c1ccc(NC(=O)CCc2ccc(S(=O)(=O)N[C@@H](C)c3ccccc3)cc2)cc1. The highest BCUT2D eigenvalue weighted by Gasteiger charge is 2.18. The zero-order chi connectivity index (χ0) is 23.1. The fraction of sp³-hybridized carbons (Fsp3) is 0.269. The lowest BCUT2D eigenvalue weighted by Crippen LogP contribution is -2.26. The van der Waals surface area contributed by atoms with Crippen molar-refractivity contribution in [3.63, 3.8) is 0 Å². The summed E-state index contributed by atoms with van der Waals surface area (Å²) >= 11 is 0. The van der Waals surface area contributed by atoms with Gasteiger partial charge in [-0.3, -0.25) is 4.79 Å². The molecule has 1 atom stereocenters. The third-order valence-corrected chi connectivity index (χ3v) is 6.92. The van der Waals surface area contributed by atoms with Gasteiger partial charge in [0, 0.05) is 18.2 Å². The van der Waals surface area contributed by atoms with Crippen LogP contribution < -0.4 is 10.0 Å². The number of aryl methyl sites for hydroxylation is 1. The lowest BCUT2D eigenvalue weighted by molar-refractivity contribution is -0.116. The summed E-state index contributed by atoms with van der Waals surface area (Å²) in [5.41, 5.74) is 3.81. The van der Waals surface area contributed by atoms with Crippen molar-refractivity contribution in [2.24, 2.45) is 0 Å². The number of rotatable bonds is 9. The van der Waals surface area contributed by atoms with Crippen molar-refractivity contribution in [3.8, 4) is 0 Å². The Hall–Kier alpha value is -2.96. The highest BCUT2D eigenvalue weighted by Crippen LogP contribution is 2.19. The zero-order valence-corrected chi connectivity index (χ0v) is 19.5. The molecule has 0 radical (unpaired) electrons. The van der Waals surface area contributed by atoms with Gasteiger partial charge in [0.2, 0.25) is 15.9 Å². The lowest BCUT2D eigenvalue weighted by Gasteiger charge is -2.15. The quantitative estimate of drug-likeness (QED) is 0.457. The molecule has 0 aliphatic heterocycles. The van der Waals surface area contributed by atoms with Crippen LogP contribution in [-0.2, 0) is 21.2 Å². The van der Waals surface area contributed by atoms with E-state index in [2.05, 4.69) is 23.9 Å². The maximum atomic E-state index is 12.7. The molecule has 0 saturated heterocycles. The molecule has 1 amide bonds. The van der Waals surface area contributed by atoms with Gasteiger partial charge in [0.1, 0.15) is 0 Å². The number of sulfonamides is 1. The Morgan fingerprint density at radius 3 is 2.03 bits per heavy atom. The van der Waals surface area contributed by atoms with Crippen LogP contribution in [0, 0.1) is 0 Å². The second-order valence-electron chi connectivity index (χ2n) is 8.22. The van der Waals surface area contributed by atoms with E-state index < -0.39 is 10.0 Å². The topological polar surface area (TPSA) is 75.3 Å². The van der Waals surface area contributed by atoms with Gasteiger partial charge >= 0.3 is 0 Å². The number of hydrogen-bond donors (Lipinski definition) is 2. The number of carbonyl (C=O) groups is 1. The van der Waals surface area contributed by atoms with Gasteiger partial charge in [-0.1, -0.05) is 68.4 Å². The number of amides is 1.